The zero-order chi connectivity index (χ0) is 11.3. The first-order valence-electron chi connectivity index (χ1n) is 5.18. The normalized spacial score (nSPS) is 17.1. The summed E-state index contributed by atoms with van der Waals surface area (Å²) >= 11 is 1.77. The van der Waals surface area contributed by atoms with E-state index in [0.717, 1.165) is 0 Å². The Labute approximate surface area is 95.9 Å². The Bertz CT molecular complexity index is 287. The largest absolute Gasteiger partial charge is 0.389 e. The van der Waals surface area contributed by atoms with Gasteiger partial charge in [-0.1, -0.05) is 25.1 Å². The maximum Gasteiger partial charge on any atom is 0.0752 e. The fourth-order valence-corrected chi connectivity index (χ4v) is 2.70. The summed E-state index contributed by atoms with van der Waals surface area (Å²) in [6, 6.07) is 10.2. The lowest BCUT2D eigenvalue weighted by Crippen LogP contribution is -2.36. The van der Waals surface area contributed by atoms with E-state index >= 15 is 0 Å². The minimum atomic E-state index is -0.749. The molecule has 2 unspecified atom stereocenters. The van der Waals surface area contributed by atoms with Gasteiger partial charge in [-0.05, 0) is 25.5 Å². The fraction of sp³-hybridized carbons (Fsp3) is 0.500. The van der Waals surface area contributed by atoms with E-state index in [9.17, 15) is 5.11 Å². The lowest BCUT2D eigenvalue weighted by Gasteiger charge is -2.24. The number of aliphatic hydroxyl groups is 1. The fourth-order valence-electron chi connectivity index (χ4n) is 1.48. The predicted molar refractivity (Wildman–Crippen MR) is 66.1 cm³/mol. The third-order valence-electron chi connectivity index (χ3n) is 2.25. The van der Waals surface area contributed by atoms with Gasteiger partial charge in [-0.3, -0.25) is 0 Å². The average Bonchev–Trinajstić information content (AvgIpc) is 2.18. The number of thioether (sulfide) groups is 1. The van der Waals surface area contributed by atoms with Crippen LogP contribution in [-0.2, 0) is 0 Å². The maximum absolute atomic E-state index is 9.83. The van der Waals surface area contributed by atoms with Crippen LogP contribution in [0.25, 0.3) is 0 Å². The van der Waals surface area contributed by atoms with Crippen molar-refractivity contribution in [2.24, 2.45) is 5.73 Å². The number of nitrogens with two attached hydrogens (primary N) is 1. The molecule has 0 radical (unpaired) electrons. The van der Waals surface area contributed by atoms with Crippen LogP contribution in [0, 0.1) is 0 Å². The molecule has 0 aliphatic rings. The Balaban J connectivity index is 2.46. The van der Waals surface area contributed by atoms with E-state index in [2.05, 4.69) is 19.1 Å². The molecule has 0 spiro atoms. The topological polar surface area (TPSA) is 46.2 Å². The van der Waals surface area contributed by atoms with Crippen LogP contribution in [0.1, 0.15) is 20.3 Å². The van der Waals surface area contributed by atoms with Gasteiger partial charge in [0.2, 0.25) is 0 Å². The van der Waals surface area contributed by atoms with Crippen molar-refractivity contribution in [1.29, 1.82) is 0 Å². The van der Waals surface area contributed by atoms with E-state index in [-0.39, 0.29) is 0 Å². The van der Waals surface area contributed by atoms with Gasteiger partial charge in [-0.2, -0.15) is 0 Å². The average molecular weight is 225 g/mol. The summed E-state index contributed by atoms with van der Waals surface area (Å²) in [5.74, 6) is 0. The lowest BCUT2D eigenvalue weighted by atomic mass is 10.0. The van der Waals surface area contributed by atoms with Gasteiger partial charge in [-0.15, -0.1) is 11.8 Å². The molecule has 0 bridgehead atoms. The van der Waals surface area contributed by atoms with Crippen molar-refractivity contribution in [3.05, 3.63) is 30.3 Å². The Kier molecular flexibility index (Phi) is 4.64. The summed E-state index contributed by atoms with van der Waals surface area (Å²) in [7, 11) is 0. The molecule has 0 aliphatic carbocycles. The van der Waals surface area contributed by atoms with E-state index in [1.54, 1.807) is 18.7 Å². The van der Waals surface area contributed by atoms with Crippen molar-refractivity contribution >= 4 is 11.8 Å². The Morgan fingerprint density at radius 3 is 2.53 bits per heavy atom. The maximum atomic E-state index is 9.83. The first-order valence-corrected chi connectivity index (χ1v) is 6.05. The molecule has 0 heterocycles. The van der Waals surface area contributed by atoms with Crippen LogP contribution in [0.5, 0.6) is 0 Å². The Morgan fingerprint density at radius 2 is 2.00 bits per heavy atom. The molecule has 3 heteroatoms. The van der Waals surface area contributed by atoms with Crippen LogP contribution in [-0.4, -0.2) is 22.5 Å². The molecule has 1 aromatic rings. The van der Waals surface area contributed by atoms with E-state index in [1.165, 1.54) is 4.90 Å². The van der Waals surface area contributed by atoms with Crippen molar-refractivity contribution in [2.45, 2.75) is 36.0 Å². The molecule has 2 atom stereocenters. The zero-order valence-corrected chi connectivity index (χ0v) is 10.1. The highest BCUT2D eigenvalue weighted by molar-refractivity contribution is 7.99. The second-order valence-electron chi connectivity index (χ2n) is 4.15. The third kappa shape index (κ3) is 4.69. The molecular weight excluding hydrogens is 206 g/mol. The second-order valence-corrected chi connectivity index (χ2v) is 5.66. The van der Waals surface area contributed by atoms with Crippen molar-refractivity contribution in [1.82, 2.24) is 0 Å². The zero-order valence-electron chi connectivity index (χ0n) is 9.31. The number of hydrogen-bond acceptors (Lipinski definition) is 3. The van der Waals surface area contributed by atoms with E-state index in [4.69, 9.17) is 5.73 Å². The highest BCUT2D eigenvalue weighted by atomic mass is 32.2. The summed E-state index contributed by atoms with van der Waals surface area (Å²) < 4.78 is 0. The van der Waals surface area contributed by atoms with Gasteiger partial charge >= 0.3 is 0 Å². The van der Waals surface area contributed by atoms with Crippen molar-refractivity contribution < 1.29 is 5.11 Å². The number of rotatable bonds is 5. The van der Waals surface area contributed by atoms with Gasteiger partial charge in [0.25, 0.3) is 0 Å². The molecule has 3 N–H and O–H groups in total. The summed E-state index contributed by atoms with van der Waals surface area (Å²) in [5, 5.41) is 10.2. The molecule has 0 amide bonds. The molecule has 0 saturated heterocycles. The van der Waals surface area contributed by atoms with Gasteiger partial charge in [0.05, 0.1) is 5.60 Å². The minimum absolute atomic E-state index is 0.312. The summed E-state index contributed by atoms with van der Waals surface area (Å²) in [4.78, 5) is 1.23. The van der Waals surface area contributed by atoms with E-state index in [0.29, 0.717) is 18.2 Å². The van der Waals surface area contributed by atoms with Crippen LogP contribution < -0.4 is 5.73 Å². The van der Waals surface area contributed by atoms with Crippen LogP contribution in [0.2, 0.25) is 0 Å². The first-order chi connectivity index (χ1) is 7.03. The third-order valence-corrected chi connectivity index (χ3v) is 3.36. The SMILES string of the molecule is CC(CC(C)(O)CN)Sc1ccccc1. The van der Waals surface area contributed by atoms with Gasteiger partial charge in [-0.25, -0.2) is 0 Å². The van der Waals surface area contributed by atoms with Crippen LogP contribution in [0.15, 0.2) is 35.2 Å². The molecule has 2 nitrogen and oxygen atoms in total. The van der Waals surface area contributed by atoms with Crippen molar-refractivity contribution in [3.63, 3.8) is 0 Å². The van der Waals surface area contributed by atoms with Gasteiger partial charge in [0.15, 0.2) is 0 Å². The van der Waals surface area contributed by atoms with Crippen molar-refractivity contribution in [3.8, 4) is 0 Å². The van der Waals surface area contributed by atoms with Gasteiger partial charge < -0.3 is 10.8 Å². The minimum Gasteiger partial charge on any atom is -0.389 e. The summed E-state index contributed by atoms with van der Waals surface area (Å²) in [5.41, 5.74) is 4.74. The molecular formula is C12H19NOS. The van der Waals surface area contributed by atoms with Gasteiger partial charge in [0, 0.05) is 16.7 Å². The number of benzene rings is 1. The molecule has 1 aromatic carbocycles. The van der Waals surface area contributed by atoms with Crippen LogP contribution >= 0.6 is 11.8 Å². The second kappa shape index (κ2) is 5.54. The highest BCUT2D eigenvalue weighted by Crippen LogP contribution is 2.27. The molecule has 1 rings (SSSR count). The van der Waals surface area contributed by atoms with Crippen molar-refractivity contribution in [2.75, 3.05) is 6.54 Å². The van der Waals surface area contributed by atoms with Crippen LogP contribution in [0.3, 0.4) is 0 Å². The Morgan fingerprint density at radius 1 is 1.40 bits per heavy atom. The predicted octanol–water partition coefficient (Wildman–Crippen LogP) is 2.27. The van der Waals surface area contributed by atoms with Crippen LogP contribution in [0.4, 0.5) is 0 Å². The van der Waals surface area contributed by atoms with Gasteiger partial charge in [0.1, 0.15) is 0 Å². The molecule has 0 fully saturated rings. The molecule has 15 heavy (non-hydrogen) atoms. The standard InChI is InChI=1S/C12H19NOS/c1-10(8-12(2,14)9-13)15-11-6-4-3-5-7-11/h3-7,10,14H,8-9,13H2,1-2H3. The Hall–Kier alpha value is -0.510. The molecule has 0 aromatic heterocycles. The molecule has 84 valence electrons. The smallest absolute Gasteiger partial charge is 0.0752 e. The van der Waals surface area contributed by atoms with E-state index < -0.39 is 5.60 Å². The summed E-state index contributed by atoms with van der Waals surface area (Å²) in [6.45, 7) is 4.21. The highest BCUT2D eigenvalue weighted by Gasteiger charge is 2.21. The lowest BCUT2D eigenvalue weighted by molar-refractivity contribution is 0.0608. The quantitative estimate of drug-likeness (QED) is 0.756. The monoisotopic (exact) mass is 225 g/mol. The summed E-state index contributed by atoms with van der Waals surface area (Å²) in [6.07, 6.45) is 0.711. The number of hydrogen-bond donors (Lipinski definition) is 2. The molecule has 0 aliphatic heterocycles. The van der Waals surface area contributed by atoms with E-state index in [1.807, 2.05) is 18.2 Å². The molecule has 0 saturated carbocycles. The first kappa shape index (κ1) is 12.6.